The molecule has 0 aliphatic rings. The molecule has 106 valence electrons. The molecule has 0 radical (unpaired) electrons. The Bertz CT molecular complexity index is 431. The molecule has 1 atom stereocenters. The van der Waals surface area contributed by atoms with Crippen molar-refractivity contribution in [3.63, 3.8) is 0 Å². The van der Waals surface area contributed by atoms with E-state index in [9.17, 15) is 4.79 Å². The second-order valence-corrected chi connectivity index (χ2v) is 4.78. The van der Waals surface area contributed by atoms with E-state index in [-0.39, 0.29) is 0 Å². The molecule has 0 bridgehead atoms. The fraction of sp³-hybridized carbons (Fsp3) is 0.533. The number of anilines is 1. The quantitative estimate of drug-likeness (QED) is 0.823. The van der Waals surface area contributed by atoms with Gasteiger partial charge in [-0.15, -0.1) is 0 Å². The average molecular weight is 265 g/mol. The Morgan fingerprint density at radius 3 is 2.63 bits per heavy atom. The van der Waals surface area contributed by atoms with Crippen LogP contribution in [0.3, 0.4) is 0 Å². The Morgan fingerprint density at radius 2 is 2.11 bits per heavy atom. The molecule has 0 aromatic heterocycles. The van der Waals surface area contributed by atoms with Gasteiger partial charge in [0.25, 0.3) is 0 Å². The monoisotopic (exact) mass is 265 g/mol. The van der Waals surface area contributed by atoms with Crippen LogP contribution in [0.5, 0.6) is 0 Å². The van der Waals surface area contributed by atoms with Crippen molar-refractivity contribution in [2.45, 2.75) is 33.3 Å². The summed E-state index contributed by atoms with van der Waals surface area (Å²) in [6.07, 6.45) is -0.245. The van der Waals surface area contributed by atoms with E-state index >= 15 is 0 Å². The summed E-state index contributed by atoms with van der Waals surface area (Å²) in [5.74, 6) is -0.893. The number of nitrogens with zero attached hydrogens (tertiary/aromatic N) is 1. The number of hydrogen-bond acceptors (Lipinski definition) is 3. The van der Waals surface area contributed by atoms with E-state index in [2.05, 4.69) is 36.9 Å². The lowest BCUT2D eigenvalue weighted by molar-refractivity contribution is -0.150. The topological polar surface area (TPSA) is 49.8 Å². The summed E-state index contributed by atoms with van der Waals surface area (Å²) in [5.41, 5.74) is 3.56. The predicted octanol–water partition coefficient (Wildman–Crippen LogP) is 2.62. The van der Waals surface area contributed by atoms with Crippen molar-refractivity contribution in [1.82, 2.24) is 0 Å². The Morgan fingerprint density at radius 1 is 1.42 bits per heavy atom. The highest BCUT2D eigenvalue weighted by Gasteiger charge is 2.18. The Balaban J connectivity index is 2.63. The zero-order valence-electron chi connectivity index (χ0n) is 12.1. The van der Waals surface area contributed by atoms with Gasteiger partial charge in [0.15, 0.2) is 6.10 Å². The zero-order chi connectivity index (χ0) is 14.4. The third-order valence-corrected chi connectivity index (χ3v) is 3.13. The molecule has 0 aliphatic heterocycles. The molecule has 0 saturated heterocycles. The summed E-state index contributed by atoms with van der Waals surface area (Å²) >= 11 is 0. The van der Waals surface area contributed by atoms with Crippen molar-refractivity contribution in [2.75, 3.05) is 25.1 Å². The summed E-state index contributed by atoms with van der Waals surface area (Å²) in [6.45, 7) is 7.01. The Hall–Kier alpha value is -1.55. The molecule has 1 aromatic carbocycles. The molecular weight excluding hydrogens is 242 g/mol. The molecule has 1 aromatic rings. The number of rotatable bonds is 7. The van der Waals surface area contributed by atoms with Gasteiger partial charge in [-0.1, -0.05) is 17.7 Å². The molecule has 0 fully saturated rings. The van der Waals surface area contributed by atoms with Crippen molar-refractivity contribution >= 4 is 11.7 Å². The lowest BCUT2D eigenvalue weighted by Gasteiger charge is -2.23. The number of carboxylic acids is 1. The van der Waals surface area contributed by atoms with Gasteiger partial charge in [0.2, 0.25) is 0 Å². The van der Waals surface area contributed by atoms with Crippen molar-refractivity contribution in [3.8, 4) is 0 Å². The number of carbonyl (C=O) groups is 1. The summed E-state index contributed by atoms with van der Waals surface area (Å²) in [6, 6.07) is 6.26. The molecule has 19 heavy (non-hydrogen) atoms. The molecule has 0 saturated carbocycles. The van der Waals surface area contributed by atoms with E-state index in [1.165, 1.54) is 11.1 Å². The number of benzene rings is 1. The number of aryl methyl sites for hydroxylation is 2. The van der Waals surface area contributed by atoms with Crippen molar-refractivity contribution in [2.24, 2.45) is 0 Å². The fourth-order valence-corrected chi connectivity index (χ4v) is 2.14. The Kier molecular flexibility index (Phi) is 5.83. The highest BCUT2D eigenvalue weighted by Crippen LogP contribution is 2.20. The van der Waals surface area contributed by atoms with Crippen LogP contribution in [0, 0.1) is 13.8 Å². The molecule has 1 unspecified atom stereocenters. The lowest BCUT2D eigenvalue weighted by Crippen LogP contribution is -2.30. The number of ether oxygens (including phenoxy) is 1. The average Bonchev–Trinajstić information content (AvgIpc) is 2.33. The third kappa shape index (κ3) is 4.56. The number of hydrogen-bond donors (Lipinski definition) is 1. The minimum absolute atomic E-state index is 0.421. The third-order valence-electron chi connectivity index (χ3n) is 3.13. The number of aliphatic carboxylic acids is 1. The first-order valence-corrected chi connectivity index (χ1v) is 6.58. The van der Waals surface area contributed by atoms with Gasteiger partial charge in [-0.2, -0.15) is 0 Å². The van der Waals surface area contributed by atoms with Gasteiger partial charge in [-0.25, -0.2) is 4.79 Å². The minimum atomic E-state index is -0.893. The maximum Gasteiger partial charge on any atom is 0.332 e. The van der Waals surface area contributed by atoms with Crippen LogP contribution in [0.4, 0.5) is 5.69 Å². The second-order valence-electron chi connectivity index (χ2n) is 4.78. The van der Waals surface area contributed by atoms with Gasteiger partial charge in [-0.3, -0.25) is 0 Å². The molecule has 0 aliphatic carbocycles. The van der Waals surface area contributed by atoms with E-state index in [0.717, 1.165) is 5.69 Å². The fourth-order valence-electron chi connectivity index (χ4n) is 2.14. The van der Waals surface area contributed by atoms with Gasteiger partial charge in [-0.05, 0) is 32.4 Å². The van der Waals surface area contributed by atoms with Gasteiger partial charge in [0.1, 0.15) is 0 Å². The van der Waals surface area contributed by atoms with Gasteiger partial charge < -0.3 is 14.7 Å². The highest BCUT2D eigenvalue weighted by atomic mass is 16.5. The van der Waals surface area contributed by atoms with Crippen LogP contribution < -0.4 is 4.90 Å². The zero-order valence-corrected chi connectivity index (χ0v) is 12.1. The molecular formula is C15H23NO3. The van der Waals surface area contributed by atoms with Crippen LogP contribution >= 0.6 is 0 Å². The standard InChI is InChI=1S/C15H23NO3/c1-5-19-14(15(17)18)8-9-16(4)13-7-6-11(2)10-12(13)3/h6-7,10,14H,5,8-9H2,1-4H3,(H,17,18). The number of carboxylic acid groups (broad SMARTS) is 1. The summed E-state index contributed by atoms with van der Waals surface area (Å²) in [4.78, 5) is 13.1. The summed E-state index contributed by atoms with van der Waals surface area (Å²) < 4.78 is 5.21. The maximum absolute atomic E-state index is 11.0. The summed E-state index contributed by atoms with van der Waals surface area (Å²) in [5, 5.41) is 9.04. The Labute approximate surface area is 115 Å². The van der Waals surface area contributed by atoms with E-state index in [1.54, 1.807) is 0 Å². The minimum Gasteiger partial charge on any atom is -0.479 e. The van der Waals surface area contributed by atoms with E-state index in [0.29, 0.717) is 19.6 Å². The smallest absolute Gasteiger partial charge is 0.332 e. The lowest BCUT2D eigenvalue weighted by atomic mass is 10.1. The van der Waals surface area contributed by atoms with Crippen molar-refractivity contribution < 1.29 is 14.6 Å². The normalized spacial score (nSPS) is 12.2. The molecule has 4 heteroatoms. The molecule has 1 rings (SSSR count). The molecule has 1 N–H and O–H groups in total. The van der Waals surface area contributed by atoms with Crippen LogP contribution in [0.2, 0.25) is 0 Å². The maximum atomic E-state index is 11.0. The van der Waals surface area contributed by atoms with E-state index in [4.69, 9.17) is 9.84 Å². The van der Waals surface area contributed by atoms with Crippen LogP contribution in [0.15, 0.2) is 18.2 Å². The second kappa shape index (κ2) is 7.14. The van der Waals surface area contributed by atoms with Gasteiger partial charge >= 0.3 is 5.97 Å². The first-order valence-electron chi connectivity index (χ1n) is 6.58. The van der Waals surface area contributed by atoms with Crippen LogP contribution in [0.25, 0.3) is 0 Å². The highest BCUT2D eigenvalue weighted by molar-refractivity contribution is 5.72. The summed E-state index contributed by atoms with van der Waals surface area (Å²) in [7, 11) is 1.97. The molecule has 0 heterocycles. The molecule has 0 amide bonds. The van der Waals surface area contributed by atoms with E-state index < -0.39 is 12.1 Å². The largest absolute Gasteiger partial charge is 0.479 e. The molecule has 4 nitrogen and oxygen atoms in total. The van der Waals surface area contributed by atoms with Crippen LogP contribution in [-0.2, 0) is 9.53 Å². The van der Waals surface area contributed by atoms with Gasteiger partial charge in [0, 0.05) is 32.3 Å². The SMILES string of the molecule is CCOC(CCN(C)c1ccc(C)cc1C)C(=O)O. The molecule has 0 spiro atoms. The van der Waals surface area contributed by atoms with Crippen LogP contribution in [-0.4, -0.2) is 37.4 Å². The van der Waals surface area contributed by atoms with Crippen molar-refractivity contribution in [1.29, 1.82) is 0 Å². The van der Waals surface area contributed by atoms with Gasteiger partial charge in [0.05, 0.1) is 0 Å². The first kappa shape index (κ1) is 15.5. The van der Waals surface area contributed by atoms with E-state index in [1.807, 2.05) is 14.0 Å². The van der Waals surface area contributed by atoms with Crippen LogP contribution in [0.1, 0.15) is 24.5 Å². The van der Waals surface area contributed by atoms with Crippen molar-refractivity contribution in [3.05, 3.63) is 29.3 Å². The first-order chi connectivity index (χ1) is 8.95. The predicted molar refractivity (Wildman–Crippen MR) is 76.9 cm³/mol.